The second-order valence-electron chi connectivity index (χ2n) is 4.03. The largest absolute Gasteiger partial charge is 0.337 e. The number of nitrogens with zero attached hydrogens (tertiary/aromatic N) is 1. The van der Waals surface area contributed by atoms with Gasteiger partial charge in [-0.15, -0.1) is 11.3 Å². The third-order valence-electron chi connectivity index (χ3n) is 2.71. The Balaban J connectivity index is 2.15. The van der Waals surface area contributed by atoms with Gasteiger partial charge in [-0.1, -0.05) is 40.2 Å². The van der Waals surface area contributed by atoms with Crippen LogP contribution in [0, 0.1) is 0 Å². The van der Waals surface area contributed by atoms with Crippen molar-refractivity contribution in [1.29, 1.82) is 0 Å². The van der Waals surface area contributed by atoms with Crippen LogP contribution in [0.4, 0.5) is 0 Å². The molecule has 0 fully saturated rings. The van der Waals surface area contributed by atoms with Crippen molar-refractivity contribution in [2.45, 2.75) is 11.9 Å². The molecule has 0 unspecified atom stereocenters. The van der Waals surface area contributed by atoms with Gasteiger partial charge in [0, 0.05) is 22.8 Å². The molecule has 1 aromatic carbocycles. The Morgan fingerprint density at radius 2 is 2.06 bits per heavy atom. The summed E-state index contributed by atoms with van der Waals surface area (Å²) in [6.07, 6.45) is 0. The van der Waals surface area contributed by atoms with Crippen molar-refractivity contribution in [2.24, 2.45) is 0 Å². The quantitative estimate of drug-likeness (QED) is 0.781. The number of alkyl halides is 1. The number of hydrogen-bond acceptors (Lipinski definition) is 2. The predicted molar refractivity (Wildman–Crippen MR) is 79.2 cm³/mol. The molecule has 18 heavy (non-hydrogen) atoms. The van der Waals surface area contributed by atoms with Gasteiger partial charge in [0.25, 0.3) is 5.91 Å². The maximum absolute atomic E-state index is 12.4. The monoisotopic (exact) mass is 323 g/mol. The molecule has 4 heteroatoms. The molecule has 1 aromatic heterocycles. The smallest absolute Gasteiger partial charge is 0.254 e. The topological polar surface area (TPSA) is 20.3 Å². The second-order valence-corrected chi connectivity index (χ2v) is 5.62. The van der Waals surface area contributed by atoms with Gasteiger partial charge in [0.1, 0.15) is 0 Å². The molecule has 94 valence electrons. The minimum atomic E-state index is 0.0680. The molecule has 0 N–H and O–H groups in total. The molecule has 0 saturated carbocycles. The summed E-state index contributed by atoms with van der Waals surface area (Å²) < 4.78 is 0. The van der Waals surface area contributed by atoms with E-state index in [4.69, 9.17) is 0 Å². The Morgan fingerprint density at radius 1 is 1.28 bits per heavy atom. The average molecular weight is 324 g/mol. The maximum atomic E-state index is 12.4. The molecule has 0 bridgehead atoms. The number of amides is 1. The van der Waals surface area contributed by atoms with Crippen molar-refractivity contribution in [3.8, 4) is 0 Å². The Hall–Kier alpha value is -1.13. The van der Waals surface area contributed by atoms with Crippen LogP contribution >= 0.6 is 27.3 Å². The summed E-state index contributed by atoms with van der Waals surface area (Å²) >= 11 is 5.09. The summed E-state index contributed by atoms with van der Waals surface area (Å²) in [5, 5.41) is 2.72. The van der Waals surface area contributed by atoms with E-state index in [2.05, 4.69) is 15.9 Å². The predicted octanol–water partition coefficient (Wildman–Crippen LogP) is 3.92. The molecule has 2 aromatic rings. The van der Waals surface area contributed by atoms with Crippen molar-refractivity contribution in [3.63, 3.8) is 0 Å². The Labute approximate surface area is 119 Å². The number of rotatable bonds is 4. The zero-order valence-corrected chi connectivity index (χ0v) is 12.5. The van der Waals surface area contributed by atoms with Crippen molar-refractivity contribution < 1.29 is 4.79 Å². The van der Waals surface area contributed by atoms with E-state index < -0.39 is 0 Å². The van der Waals surface area contributed by atoms with Gasteiger partial charge in [-0.25, -0.2) is 0 Å². The summed E-state index contributed by atoms with van der Waals surface area (Å²) in [5.74, 6) is 0.0680. The highest BCUT2D eigenvalue weighted by Crippen LogP contribution is 2.17. The van der Waals surface area contributed by atoms with Crippen LogP contribution in [0.3, 0.4) is 0 Å². The van der Waals surface area contributed by atoms with Crippen LogP contribution in [0.25, 0.3) is 0 Å². The van der Waals surface area contributed by atoms with Crippen LogP contribution in [0.2, 0.25) is 0 Å². The van der Waals surface area contributed by atoms with Crippen LogP contribution in [0.5, 0.6) is 0 Å². The lowest BCUT2D eigenvalue weighted by atomic mass is 10.1. The zero-order chi connectivity index (χ0) is 13.0. The van der Waals surface area contributed by atoms with E-state index in [1.165, 1.54) is 4.88 Å². The van der Waals surface area contributed by atoms with Crippen LogP contribution in [0.15, 0.2) is 41.8 Å². The second kappa shape index (κ2) is 6.16. The Morgan fingerprint density at radius 3 is 2.72 bits per heavy atom. The van der Waals surface area contributed by atoms with Gasteiger partial charge in [-0.2, -0.15) is 0 Å². The first-order valence-electron chi connectivity index (χ1n) is 5.64. The molecule has 2 nitrogen and oxygen atoms in total. The highest BCUT2D eigenvalue weighted by Gasteiger charge is 2.15. The van der Waals surface area contributed by atoms with Gasteiger partial charge < -0.3 is 4.90 Å². The van der Waals surface area contributed by atoms with Crippen molar-refractivity contribution in [2.75, 3.05) is 7.05 Å². The normalized spacial score (nSPS) is 10.3. The van der Waals surface area contributed by atoms with Gasteiger partial charge in [0.2, 0.25) is 0 Å². The summed E-state index contributed by atoms with van der Waals surface area (Å²) in [5.41, 5.74) is 1.80. The van der Waals surface area contributed by atoms with Crippen molar-refractivity contribution >= 4 is 33.2 Å². The van der Waals surface area contributed by atoms with Crippen LogP contribution < -0.4 is 0 Å². The Kier molecular flexibility index (Phi) is 4.55. The molecule has 2 rings (SSSR count). The third-order valence-corrected chi connectivity index (χ3v) is 4.18. The van der Waals surface area contributed by atoms with E-state index in [1.54, 1.807) is 16.2 Å². The van der Waals surface area contributed by atoms with Gasteiger partial charge >= 0.3 is 0 Å². The molecule has 0 saturated heterocycles. The number of benzene rings is 1. The van der Waals surface area contributed by atoms with E-state index in [1.807, 2.05) is 48.8 Å². The molecule has 1 heterocycles. The summed E-state index contributed by atoms with van der Waals surface area (Å²) in [6.45, 7) is 0.660. The number of thiophene rings is 1. The lowest BCUT2D eigenvalue weighted by Gasteiger charge is -2.17. The molecule has 0 aliphatic carbocycles. The Bertz CT molecular complexity index is 524. The fraction of sp³-hybridized carbons (Fsp3) is 0.214. The zero-order valence-electron chi connectivity index (χ0n) is 10.1. The van der Waals surface area contributed by atoms with Gasteiger partial charge in [-0.3, -0.25) is 4.79 Å². The lowest BCUT2D eigenvalue weighted by molar-refractivity contribution is 0.0785. The molecule has 1 amide bonds. The van der Waals surface area contributed by atoms with Gasteiger partial charge in [-0.05, 0) is 23.1 Å². The number of carbonyl (C=O) groups is 1. The minimum Gasteiger partial charge on any atom is -0.337 e. The first-order chi connectivity index (χ1) is 8.72. The lowest BCUT2D eigenvalue weighted by Crippen LogP contribution is -2.26. The summed E-state index contributed by atoms with van der Waals surface area (Å²) in [4.78, 5) is 15.3. The van der Waals surface area contributed by atoms with Crippen molar-refractivity contribution in [3.05, 3.63) is 57.8 Å². The SMILES string of the molecule is CN(Cc1cccs1)C(=O)c1ccccc1CBr. The molecular weight excluding hydrogens is 310 g/mol. The molecule has 0 atom stereocenters. The molecule has 0 spiro atoms. The van der Waals surface area contributed by atoms with E-state index in [0.29, 0.717) is 11.9 Å². The summed E-state index contributed by atoms with van der Waals surface area (Å²) in [7, 11) is 1.84. The van der Waals surface area contributed by atoms with E-state index >= 15 is 0 Å². The average Bonchev–Trinajstić information content (AvgIpc) is 2.90. The summed E-state index contributed by atoms with van der Waals surface area (Å²) in [6, 6.07) is 11.8. The van der Waals surface area contributed by atoms with Crippen LogP contribution in [0.1, 0.15) is 20.8 Å². The number of carbonyl (C=O) groups excluding carboxylic acids is 1. The van der Waals surface area contributed by atoms with E-state index in [9.17, 15) is 4.79 Å². The van der Waals surface area contributed by atoms with Gasteiger partial charge in [0.15, 0.2) is 0 Å². The minimum absolute atomic E-state index is 0.0680. The highest BCUT2D eigenvalue weighted by molar-refractivity contribution is 9.08. The van der Waals surface area contributed by atoms with Gasteiger partial charge in [0.05, 0.1) is 6.54 Å². The first-order valence-corrected chi connectivity index (χ1v) is 7.64. The fourth-order valence-corrected chi connectivity index (χ4v) is 3.01. The molecular formula is C14H14BrNOS. The maximum Gasteiger partial charge on any atom is 0.254 e. The van der Waals surface area contributed by atoms with E-state index in [0.717, 1.165) is 11.1 Å². The van der Waals surface area contributed by atoms with Crippen LogP contribution in [-0.2, 0) is 11.9 Å². The van der Waals surface area contributed by atoms with Crippen LogP contribution in [-0.4, -0.2) is 17.9 Å². The standard InChI is InChI=1S/C14H14BrNOS/c1-16(10-12-6-4-8-18-12)14(17)13-7-3-2-5-11(13)9-15/h2-8H,9-10H2,1H3. The fourth-order valence-electron chi connectivity index (χ4n) is 1.76. The molecule has 0 aliphatic rings. The highest BCUT2D eigenvalue weighted by atomic mass is 79.9. The van der Waals surface area contributed by atoms with Crippen molar-refractivity contribution in [1.82, 2.24) is 4.90 Å². The number of halogens is 1. The first kappa shape index (κ1) is 13.3. The third kappa shape index (κ3) is 3.00. The number of hydrogen-bond donors (Lipinski definition) is 0. The van der Waals surface area contributed by atoms with E-state index in [-0.39, 0.29) is 5.91 Å². The molecule has 0 radical (unpaired) electrons. The molecule has 0 aliphatic heterocycles.